The summed E-state index contributed by atoms with van der Waals surface area (Å²) in [6.07, 6.45) is 4.06. The zero-order chi connectivity index (χ0) is 25.4. The van der Waals surface area contributed by atoms with Gasteiger partial charge in [-0.05, 0) is 61.6 Å². The molecule has 0 spiro atoms. The Labute approximate surface area is 219 Å². The number of hydrogen-bond acceptors (Lipinski definition) is 4. The zero-order valence-corrected chi connectivity index (χ0v) is 21.2. The van der Waals surface area contributed by atoms with E-state index in [2.05, 4.69) is 0 Å². The minimum Gasteiger partial charge on any atom is -0.334 e. The second-order valence-corrected chi connectivity index (χ2v) is 11.0. The maximum Gasteiger partial charge on any atom is 0.332 e. The summed E-state index contributed by atoms with van der Waals surface area (Å²) in [5, 5.41) is 10.1. The summed E-state index contributed by atoms with van der Waals surface area (Å²) < 4.78 is 0. The van der Waals surface area contributed by atoms with E-state index >= 15 is 0 Å². The molecule has 1 aliphatic carbocycles. The van der Waals surface area contributed by atoms with Crippen LogP contribution < -0.4 is 4.90 Å². The van der Waals surface area contributed by atoms with Gasteiger partial charge in [0.25, 0.3) is 5.91 Å². The Morgan fingerprint density at radius 2 is 1.78 bits per heavy atom. The lowest BCUT2D eigenvalue weighted by molar-refractivity contribution is -0.141. The maximum atomic E-state index is 14.2. The summed E-state index contributed by atoms with van der Waals surface area (Å²) >= 11 is 12.5. The van der Waals surface area contributed by atoms with Gasteiger partial charge in [-0.1, -0.05) is 48.2 Å². The number of imide groups is 1. The van der Waals surface area contributed by atoms with E-state index in [9.17, 15) is 19.6 Å². The third kappa shape index (κ3) is 3.07. The number of nitriles is 1. The number of hydrogen-bond donors (Lipinski definition) is 0. The van der Waals surface area contributed by atoms with Gasteiger partial charge in [0.05, 0.1) is 33.8 Å². The molecule has 9 heteroatoms. The van der Waals surface area contributed by atoms with E-state index in [4.69, 9.17) is 23.2 Å². The fourth-order valence-electron chi connectivity index (χ4n) is 6.76. The Hall–Kier alpha value is -3.08. The highest BCUT2D eigenvalue weighted by Crippen LogP contribution is 2.48. The molecule has 4 aliphatic rings. The standard InChI is InChI=1S/C27H24Cl2N4O3/c1-15-20(9-4-16(13-30)22(15)29)33-24(34)23-21-12-19(32(23)26(33)36)14-31(21)25(35)27(10-2-3-11-27)17-5-7-18(28)8-6-17/h4-9,19,21,23H,2-3,10-12,14H2,1H3. The number of rotatable bonds is 3. The lowest BCUT2D eigenvalue weighted by Gasteiger charge is -2.40. The van der Waals surface area contributed by atoms with Gasteiger partial charge in [-0.2, -0.15) is 5.26 Å². The van der Waals surface area contributed by atoms with Crippen LogP contribution in [-0.2, 0) is 15.0 Å². The topological polar surface area (TPSA) is 84.7 Å². The van der Waals surface area contributed by atoms with Crippen LogP contribution in [0.15, 0.2) is 36.4 Å². The van der Waals surface area contributed by atoms with Gasteiger partial charge in [-0.3, -0.25) is 9.59 Å². The zero-order valence-electron chi connectivity index (χ0n) is 19.7. The molecule has 3 heterocycles. The summed E-state index contributed by atoms with van der Waals surface area (Å²) in [7, 11) is 0. The van der Waals surface area contributed by atoms with Gasteiger partial charge < -0.3 is 9.80 Å². The van der Waals surface area contributed by atoms with Gasteiger partial charge >= 0.3 is 6.03 Å². The number of carbonyl (C=O) groups is 3. The van der Waals surface area contributed by atoms with Gasteiger partial charge in [0.2, 0.25) is 5.91 Å². The predicted octanol–water partition coefficient (Wildman–Crippen LogP) is 4.81. The molecule has 2 aromatic rings. The molecule has 0 radical (unpaired) electrons. The smallest absolute Gasteiger partial charge is 0.332 e. The van der Waals surface area contributed by atoms with Crippen molar-refractivity contribution in [2.24, 2.45) is 0 Å². The first-order chi connectivity index (χ1) is 17.3. The Morgan fingerprint density at radius 3 is 2.44 bits per heavy atom. The van der Waals surface area contributed by atoms with Crippen molar-refractivity contribution in [1.82, 2.24) is 9.80 Å². The number of urea groups is 1. The molecule has 6 rings (SSSR count). The van der Waals surface area contributed by atoms with Crippen molar-refractivity contribution >= 4 is 46.7 Å². The lowest BCUT2D eigenvalue weighted by atomic mass is 9.77. The van der Waals surface area contributed by atoms with Crippen LogP contribution in [-0.4, -0.2) is 52.3 Å². The van der Waals surface area contributed by atoms with Crippen LogP contribution in [0.5, 0.6) is 0 Å². The number of halogens is 2. The highest BCUT2D eigenvalue weighted by molar-refractivity contribution is 6.33. The first-order valence-corrected chi connectivity index (χ1v) is 13.0. The lowest BCUT2D eigenvalue weighted by Crippen LogP contribution is -2.58. The maximum absolute atomic E-state index is 14.2. The Bertz CT molecular complexity index is 1350. The first kappa shape index (κ1) is 23.3. The van der Waals surface area contributed by atoms with E-state index in [1.54, 1.807) is 17.9 Å². The van der Waals surface area contributed by atoms with E-state index in [0.717, 1.165) is 31.2 Å². The van der Waals surface area contributed by atoms with E-state index < -0.39 is 11.5 Å². The van der Waals surface area contributed by atoms with Crippen molar-refractivity contribution in [3.8, 4) is 6.07 Å². The van der Waals surface area contributed by atoms with Gasteiger partial charge in [-0.15, -0.1) is 0 Å². The number of fused-ring (bicyclic) bond motifs is 5. The number of nitrogens with zero attached hydrogens (tertiary/aromatic N) is 4. The summed E-state index contributed by atoms with van der Waals surface area (Å²) in [6.45, 7) is 2.12. The molecule has 3 unspecified atom stereocenters. The van der Waals surface area contributed by atoms with Crippen molar-refractivity contribution in [3.05, 3.63) is 63.1 Å². The molecule has 0 N–H and O–H groups in total. The molecule has 36 heavy (non-hydrogen) atoms. The number of amides is 4. The SMILES string of the molecule is Cc1c(N2C(=O)C3C4CC(CN4C(=O)C4(c5ccc(Cl)cc5)CCCC4)N3C2=O)ccc(C#N)c1Cl. The Kier molecular flexibility index (Phi) is 5.33. The monoisotopic (exact) mass is 522 g/mol. The average molecular weight is 523 g/mol. The van der Waals surface area contributed by atoms with Crippen molar-refractivity contribution in [3.63, 3.8) is 0 Å². The van der Waals surface area contributed by atoms with Crippen molar-refractivity contribution in [2.45, 2.75) is 62.6 Å². The fourth-order valence-corrected chi connectivity index (χ4v) is 7.09. The van der Waals surface area contributed by atoms with Crippen LogP contribution in [0, 0.1) is 18.3 Å². The summed E-state index contributed by atoms with van der Waals surface area (Å²) in [5.74, 6) is -0.299. The summed E-state index contributed by atoms with van der Waals surface area (Å²) in [6, 6.07) is 11.0. The van der Waals surface area contributed by atoms with Gasteiger partial charge in [0.1, 0.15) is 12.1 Å². The second-order valence-electron chi connectivity index (χ2n) is 10.2. The summed E-state index contributed by atoms with van der Waals surface area (Å²) in [5.41, 5.74) is 1.52. The van der Waals surface area contributed by atoms with Crippen LogP contribution in [0.1, 0.15) is 48.8 Å². The Balaban J connectivity index is 1.33. The van der Waals surface area contributed by atoms with Crippen LogP contribution in [0.25, 0.3) is 0 Å². The number of anilines is 1. The first-order valence-electron chi connectivity index (χ1n) is 12.2. The van der Waals surface area contributed by atoms with Gasteiger partial charge in [-0.25, -0.2) is 9.69 Å². The molecule has 4 fully saturated rings. The highest BCUT2D eigenvalue weighted by atomic mass is 35.5. The molecular weight excluding hydrogens is 499 g/mol. The van der Waals surface area contributed by atoms with Crippen molar-refractivity contribution < 1.29 is 14.4 Å². The van der Waals surface area contributed by atoms with Crippen LogP contribution in [0.2, 0.25) is 10.0 Å². The van der Waals surface area contributed by atoms with Crippen LogP contribution >= 0.6 is 23.2 Å². The minimum atomic E-state index is -0.710. The van der Waals surface area contributed by atoms with Crippen molar-refractivity contribution in [1.29, 1.82) is 5.26 Å². The normalized spacial score (nSPS) is 26.1. The number of benzene rings is 2. The van der Waals surface area contributed by atoms with E-state index in [0.29, 0.717) is 34.8 Å². The molecule has 3 saturated heterocycles. The van der Waals surface area contributed by atoms with E-state index in [1.165, 1.54) is 11.0 Å². The largest absolute Gasteiger partial charge is 0.334 e. The molecule has 2 aromatic carbocycles. The van der Waals surface area contributed by atoms with Crippen LogP contribution in [0.3, 0.4) is 0 Å². The molecule has 7 nitrogen and oxygen atoms in total. The molecular formula is C27H24Cl2N4O3. The van der Waals surface area contributed by atoms with Crippen LogP contribution in [0.4, 0.5) is 10.5 Å². The molecule has 1 saturated carbocycles. The third-order valence-corrected chi connectivity index (χ3v) is 9.25. The number of likely N-dealkylation sites (tertiary alicyclic amines) is 1. The second kappa shape index (κ2) is 8.22. The molecule has 2 bridgehead atoms. The molecule has 3 aliphatic heterocycles. The van der Waals surface area contributed by atoms with Gasteiger partial charge in [0.15, 0.2) is 0 Å². The predicted molar refractivity (Wildman–Crippen MR) is 135 cm³/mol. The summed E-state index contributed by atoms with van der Waals surface area (Å²) in [4.78, 5) is 46.0. The average Bonchev–Trinajstić information content (AvgIpc) is 3.65. The number of piperazine rings is 1. The molecule has 4 amide bonds. The Morgan fingerprint density at radius 1 is 1.08 bits per heavy atom. The van der Waals surface area contributed by atoms with Crippen molar-refractivity contribution in [2.75, 3.05) is 11.4 Å². The quantitative estimate of drug-likeness (QED) is 0.541. The fraction of sp³-hybridized carbons (Fsp3) is 0.407. The third-order valence-electron chi connectivity index (χ3n) is 8.51. The molecule has 3 atom stereocenters. The number of carbonyl (C=O) groups excluding carboxylic acids is 3. The molecule has 184 valence electrons. The minimum absolute atomic E-state index is 0.0470. The van der Waals surface area contributed by atoms with E-state index in [1.807, 2.05) is 35.2 Å². The van der Waals surface area contributed by atoms with Gasteiger partial charge in [0, 0.05) is 11.6 Å². The molecule has 0 aromatic heterocycles. The van der Waals surface area contributed by atoms with E-state index in [-0.39, 0.29) is 35.0 Å². The highest BCUT2D eigenvalue weighted by Gasteiger charge is 2.64.